The summed E-state index contributed by atoms with van der Waals surface area (Å²) < 4.78 is 11.3. The summed E-state index contributed by atoms with van der Waals surface area (Å²) in [5, 5.41) is 23.4. The summed E-state index contributed by atoms with van der Waals surface area (Å²) in [5.74, 6) is 2.57. The summed E-state index contributed by atoms with van der Waals surface area (Å²) in [7, 11) is 5.71. The van der Waals surface area contributed by atoms with Gasteiger partial charge in [0.25, 0.3) is 0 Å². The fourth-order valence-corrected chi connectivity index (χ4v) is 6.97. The van der Waals surface area contributed by atoms with Gasteiger partial charge in [-0.05, 0) is 62.0 Å². The Balaban J connectivity index is -0.000000139. The standard InChI is InChI=1S/C8H16N2O3S.2C8H16N2O2S.C5H11NOS.C3H5NO.H2O2/c1-6(11)7(10-2)5-14(13)4-3-8(9)12;2*1-6(11)7(10-2)5-13-4-3-8(9)12;1-4(7)5(3-8)6-2;1-2-3(4)5;1-2/h7,10H,3-5H2,1-2H3,(H2,9,12);2*7,10H,3-5H2,1-2H3,(H2,9,12);5-6,8H,3H2,1-2H3;2H,1H2,(H2,4,5);1-2H. The first-order chi connectivity index (χ1) is 25.6. The van der Waals surface area contributed by atoms with Crippen LogP contribution in [0.25, 0.3) is 0 Å². The molecule has 5 atom stereocenters. The van der Waals surface area contributed by atoms with Crippen molar-refractivity contribution in [3.8, 4) is 0 Å². The highest BCUT2D eigenvalue weighted by Crippen LogP contribution is 2.06. The molecule has 0 aromatic rings. The molecule has 23 heteroatoms. The van der Waals surface area contributed by atoms with Crippen molar-refractivity contribution in [3.05, 3.63) is 12.7 Å². The molecule has 0 aliphatic carbocycles. The Hall–Kier alpha value is -2.74. The Morgan fingerprint density at radius 3 is 1.11 bits per heavy atom. The first kappa shape index (κ1) is 64.2. The maximum Gasteiger partial charge on any atom is 0.240 e. The van der Waals surface area contributed by atoms with E-state index in [1.807, 2.05) is 0 Å². The lowest BCUT2D eigenvalue weighted by Crippen LogP contribution is -2.38. The number of thiol groups is 1. The number of likely N-dealkylation sites (N-methyl/N-ethyl adjacent to an activating group) is 4. The third-order valence-corrected chi connectivity index (χ3v) is 10.1. The zero-order valence-corrected chi connectivity index (χ0v) is 36.6. The number of primary amides is 4. The van der Waals surface area contributed by atoms with E-state index in [1.165, 1.54) is 6.92 Å². The topological polar surface area (TPSA) is 346 Å². The predicted octanol–water partition coefficient (Wildman–Crippen LogP) is -1.90. The monoisotopic (exact) mass is 866 g/mol. The molecule has 5 unspecified atom stereocenters. The summed E-state index contributed by atoms with van der Waals surface area (Å²) in [4.78, 5) is 83.9. The molecule has 55 heavy (non-hydrogen) atoms. The van der Waals surface area contributed by atoms with Gasteiger partial charge >= 0.3 is 0 Å². The van der Waals surface area contributed by atoms with Gasteiger partial charge in [-0.2, -0.15) is 36.2 Å². The average Bonchev–Trinajstić information content (AvgIpc) is 3.11. The number of hydrogen-bond donors (Lipinski definition) is 11. The average molecular weight is 867 g/mol. The van der Waals surface area contributed by atoms with Crippen LogP contribution in [0.1, 0.15) is 47.0 Å². The van der Waals surface area contributed by atoms with Gasteiger partial charge in [-0.3, -0.25) is 53.1 Å². The number of nitrogens with one attached hydrogen (secondary N) is 4. The van der Waals surface area contributed by atoms with Crippen molar-refractivity contribution >= 4 is 93.7 Å². The fraction of sp³-hybridized carbons (Fsp3) is 0.688. The Labute approximate surface area is 342 Å². The SMILES string of the molecule is C=CC(N)=O.CNC(CS(=O)CCC(N)=O)C(C)=O.CNC(CS)C(C)=O.CNC(CSCCC(N)=O)C(C)=O.CNC(CSCCC(N)=O)C(C)=O.OO. The van der Waals surface area contributed by atoms with Gasteiger partial charge in [-0.15, -0.1) is 0 Å². The number of amides is 4. The van der Waals surface area contributed by atoms with Crippen molar-refractivity contribution in [1.82, 2.24) is 21.3 Å². The van der Waals surface area contributed by atoms with Crippen LogP contribution < -0.4 is 44.2 Å². The van der Waals surface area contributed by atoms with E-state index in [4.69, 9.17) is 27.7 Å². The number of ketones is 4. The highest BCUT2D eigenvalue weighted by Gasteiger charge is 2.15. The molecular weight excluding hydrogens is 801 g/mol. The van der Waals surface area contributed by atoms with E-state index in [-0.39, 0.29) is 71.0 Å². The third kappa shape index (κ3) is 53.4. The molecule has 19 nitrogen and oxygen atoms in total. The highest BCUT2D eigenvalue weighted by molar-refractivity contribution is 7.99. The predicted molar refractivity (Wildman–Crippen MR) is 227 cm³/mol. The van der Waals surface area contributed by atoms with Gasteiger partial charge in [0.1, 0.15) is 23.1 Å². The van der Waals surface area contributed by atoms with E-state index in [9.17, 15) is 42.6 Å². The Bertz CT molecular complexity index is 1100. The van der Waals surface area contributed by atoms with Crippen LogP contribution in [0.15, 0.2) is 12.7 Å². The van der Waals surface area contributed by atoms with Crippen LogP contribution in [0, 0.1) is 0 Å². The number of carbonyl (C=O) groups is 8. The Kier molecular flexibility index (Phi) is 53.3. The molecule has 0 heterocycles. The lowest BCUT2D eigenvalue weighted by atomic mass is 10.2. The van der Waals surface area contributed by atoms with Crippen molar-refractivity contribution in [2.75, 3.05) is 68.5 Å². The van der Waals surface area contributed by atoms with E-state index in [1.54, 1.807) is 72.5 Å². The van der Waals surface area contributed by atoms with E-state index in [0.717, 1.165) is 6.08 Å². The van der Waals surface area contributed by atoms with Gasteiger partial charge in [0, 0.05) is 70.3 Å². The zero-order valence-electron chi connectivity index (χ0n) is 33.2. The fourth-order valence-electron chi connectivity index (χ4n) is 2.87. The van der Waals surface area contributed by atoms with Gasteiger partial charge in [0.05, 0.1) is 24.2 Å². The first-order valence-electron chi connectivity index (χ1n) is 16.4. The molecule has 0 aliphatic rings. The number of rotatable bonds is 25. The molecule has 4 amide bonds. The number of Topliss-reactive ketones (excluding diaryl/α,β-unsaturated/α-hetero) is 4. The van der Waals surface area contributed by atoms with Crippen molar-refractivity contribution in [2.45, 2.75) is 71.1 Å². The van der Waals surface area contributed by atoms with Gasteiger partial charge in [-0.1, -0.05) is 6.58 Å². The lowest BCUT2D eigenvalue weighted by molar-refractivity contribution is -0.176. The number of hydrogen-bond acceptors (Lipinski definition) is 18. The van der Waals surface area contributed by atoms with Crippen molar-refractivity contribution < 1.29 is 53.1 Å². The quantitative estimate of drug-likeness (QED) is 0.0157. The second-order valence-electron chi connectivity index (χ2n) is 10.7. The number of carbonyl (C=O) groups excluding carboxylic acids is 8. The summed E-state index contributed by atoms with van der Waals surface area (Å²) in [6.07, 6.45) is 1.90. The molecule has 0 saturated heterocycles. The summed E-state index contributed by atoms with van der Waals surface area (Å²) in [6.45, 7) is 9.18. The minimum Gasteiger partial charge on any atom is -0.370 e. The zero-order chi connectivity index (χ0) is 44.5. The van der Waals surface area contributed by atoms with Crippen molar-refractivity contribution in [3.63, 3.8) is 0 Å². The minimum absolute atomic E-state index is 0.0556. The van der Waals surface area contributed by atoms with E-state index in [2.05, 4.69) is 46.2 Å². The molecule has 0 fully saturated rings. The molecule has 0 aromatic carbocycles. The number of thioether (sulfide) groups is 2. The van der Waals surface area contributed by atoms with Crippen LogP contribution >= 0.6 is 36.2 Å². The Morgan fingerprint density at radius 1 is 0.636 bits per heavy atom. The van der Waals surface area contributed by atoms with Crippen LogP contribution in [0.2, 0.25) is 0 Å². The highest BCUT2D eigenvalue weighted by atomic mass is 32.2. The molecule has 324 valence electrons. The van der Waals surface area contributed by atoms with Crippen LogP contribution in [-0.4, -0.2) is 154 Å². The van der Waals surface area contributed by atoms with Crippen LogP contribution in [-0.2, 0) is 49.2 Å². The molecule has 0 aromatic heterocycles. The second kappa shape index (κ2) is 45.6. The first-order valence-corrected chi connectivity index (χ1v) is 20.8. The van der Waals surface area contributed by atoms with E-state index >= 15 is 0 Å². The number of nitrogens with two attached hydrogens (primary N) is 4. The maximum atomic E-state index is 11.3. The summed E-state index contributed by atoms with van der Waals surface area (Å²) >= 11 is 7.07. The second-order valence-corrected chi connectivity index (χ2v) is 15.0. The molecule has 0 spiro atoms. The molecule has 0 rings (SSSR count). The molecule has 0 aliphatic heterocycles. The van der Waals surface area contributed by atoms with Crippen LogP contribution in [0.5, 0.6) is 0 Å². The van der Waals surface area contributed by atoms with Gasteiger partial charge in [-0.25, -0.2) is 0 Å². The minimum atomic E-state index is -1.18. The molecule has 14 N–H and O–H groups in total. The van der Waals surface area contributed by atoms with Gasteiger partial charge in [0.15, 0.2) is 0 Å². The lowest BCUT2D eigenvalue weighted by Gasteiger charge is -2.11. The normalized spacial score (nSPS) is 12.3. The smallest absolute Gasteiger partial charge is 0.240 e. The third-order valence-electron chi connectivity index (χ3n) is 6.22. The Morgan fingerprint density at radius 2 is 0.927 bits per heavy atom. The molecule has 0 radical (unpaired) electrons. The van der Waals surface area contributed by atoms with Crippen molar-refractivity contribution in [2.24, 2.45) is 22.9 Å². The van der Waals surface area contributed by atoms with E-state index in [0.29, 0.717) is 41.6 Å². The molecule has 0 bridgehead atoms. The van der Waals surface area contributed by atoms with Gasteiger partial charge < -0.3 is 44.2 Å². The maximum absolute atomic E-state index is 11.3. The van der Waals surface area contributed by atoms with E-state index < -0.39 is 28.7 Å². The van der Waals surface area contributed by atoms with Crippen LogP contribution in [0.3, 0.4) is 0 Å². The van der Waals surface area contributed by atoms with Crippen molar-refractivity contribution in [1.29, 1.82) is 0 Å². The summed E-state index contributed by atoms with van der Waals surface area (Å²) in [5.41, 5.74) is 19.4. The van der Waals surface area contributed by atoms with Crippen LogP contribution in [0.4, 0.5) is 0 Å². The summed E-state index contributed by atoms with van der Waals surface area (Å²) in [6, 6.07) is -0.696. The molecular formula is C32H66N8O11S4. The molecule has 0 saturated carbocycles. The largest absolute Gasteiger partial charge is 0.370 e. The van der Waals surface area contributed by atoms with Gasteiger partial charge in [0.2, 0.25) is 23.6 Å².